The van der Waals surface area contributed by atoms with Gasteiger partial charge in [-0.05, 0) is 43.7 Å². The smallest absolute Gasteiger partial charge is 0.338 e. The summed E-state index contributed by atoms with van der Waals surface area (Å²) in [6.45, 7) is 3.93. The van der Waals surface area contributed by atoms with Gasteiger partial charge in [-0.3, -0.25) is 0 Å². The van der Waals surface area contributed by atoms with E-state index in [1.54, 1.807) is 23.7 Å². The molecule has 3 heterocycles. The summed E-state index contributed by atoms with van der Waals surface area (Å²) in [6, 6.07) is 10.7. The molecule has 0 amide bonds. The largest absolute Gasteiger partial charge is 0.463 e. The van der Waals surface area contributed by atoms with Crippen LogP contribution < -0.4 is 10.3 Å². The number of carbonyl (C=O) groups excluding carboxylic acids is 1. The van der Waals surface area contributed by atoms with Crippen LogP contribution in [0, 0.1) is 0 Å². The summed E-state index contributed by atoms with van der Waals surface area (Å²) < 4.78 is 7.02. The van der Waals surface area contributed by atoms with Crippen LogP contribution in [0.5, 0.6) is 0 Å². The monoisotopic (exact) mass is 396 g/mol. The number of aromatic amines is 1. The number of hydrogen-bond donors (Lipinski definition) is 1. The van der Waals surface area contributed by atoms with Crippen LogP contribution in [-0.4, -0.2) is 27.3 Å². The number of aromatic nitrogens is 4. The molecule has 0 aliphatic carbocycles. The molecule has 8 heteroatoms. The number of rotatable bonds is 4. The van der Waals surface area contributed by atoms with Gasteiger partial charge in [-0.15, -0.1) is 5.10 Å². The number of halogens is 1. The molecular weight excluding hydrogens is 378 g/mol. The lowest BCUT2D eigenvalue weighted by atomic mass is 9.97. The molecule has 0 fully saturated rings. The van der Waals surface area contributed by atoms with Crippen molar-refractivity contribution in [3.8, 4) is 11.4 Å². The molecule has 142 valence electrons. The molecule has 28 heavy (non-hydrogen) atoms. The molecule has 1 aromatic carbocycles. The van der Waals surface area contributed by atoms with Crippen LogP contribution in [0.3, 0.4) is 0 Å². The first-order valence-corrected chi connectivity index (χ1v) is 9.29. The van der Waals surface area contributed by atoms with E-state index in [9.17, 15) is 4.79 Å². The second-order valence-corrected chi connectivity index (χ2v) is 6.77. The van der Waals surface area contributed by atoms with Crippen molar-refractivity contribution in [2.45, 2.75) is 19.9 Å². The molecule has 4 rings (SSSR count). The van der Waals surface area contributed by atoms with E-state index in [4.69, 9.17) is 16.3 Å². The minimum absolute atomic E-state index is 0.297. The fraction of sp³-hybridized carbons (Fsp3) is 0.200. The second kappa shape index (κ2) is 7.44. The van der Waals surface area contributed by atoms with Crippen molar-refractivity contribution in [2.24, 2.45) is 0 Å². The fourth-order valence-corrected chi connectivity index (χ4v) is 3.36. The third kappa shape index (κ3) is 3.25. The van der Waals surface area contributed by atoms with E-state index >= 15 is 0 Å². The highest BCUT2D eigenvalue weighted by molar-refractivity contribution is 6.30. The highest BCUT2D eigenvalue weighted by Gasteiger charge is 2.35. The number of anilines is 1. The number of fused-ring (bicyclic) bond motifs is 1. The van der Waals surface area contributed by atoms with Gasteiger partial charge in [-0.1, -0.05) is 11.6 Å². The molecule has 1 aliphatic heterocycles. The Morgan fingerprint density at radius 1 is 1.25 bits per heavy atom. The van der Waals surface area contributed by atoms with Gasteiger partial charge in [0.15, 0.2) is 18.2 Å². The van der Waals surface area contributed by atoms with E-state index in [1.807, 2.05) is 43.6 Å². The Bertz CT molecular complexity index is 1040. The molecule has 1 atom stereocenters. The number of H-pyrrole nitrogens is 1. The van der Waals surface area contributed by atoms with Crippen LogP contribution in [0.1, 0.15) is 25.5 Å². The molecule has 2 N–H and O–H groups in total. The zero-order valence-corrected chi connectivity index (χ0v) is 16.2. The molecule has 2 aromatic heterocycles. The van der Waals surface area contributed by atoms with Crippen molar-refractivity contribution < 1.29 is 14.5 Å². The van der Waals surface area contributed by atoms with Crippen molar-refractivity contribution in [1.29, 1.82) is 0 Å². The minimum Gasteiger partial charge on any atom is -0.463 e. The highest BCUT2D eigenvalue weighted by atomic mass is 35.5. The first-order chi connectivity index (χ1) is 13.6. The average molecular weight is 397 g/mol. The van der Waals surface area contributed by atoms with Crippen LogP contribution >= 0.6 is 11.6 Å². The van der Waals surface area contributed by atoms with E-state index in [0.717, 1.165) is 11.1 Å². The number of allylic oxidation sites excluding steroid dienone is 1. The summed E-state index contributed by atoms with van der Waals surface area (Å²) in [6.07, 6.45) is 3.62. The number of nitrogens with one attached hydrogen (secondary N) is 2. The van der Waals surface area contributed by atoms with Gasteiger partial charge in [0.1, 0.15) is 6.04 Å². The summed E-state index contributed by atoms with van der Waals surface area (Å²) in [5.74, 6) is 0.734. The van der Waals surface area contributed by atoms with E-state index < -0.39 is 6.04 Å². The predicted molar refractivity (Wildman–Crippen MR) is 105 cm³/mol. The highest BCUT2D eigenvalue weighted by Crippen LogP contribution is 2.36. The SMILES string of the molecule is CCOC(=O)C1=C(C)Nc2nc(-c3ccc(Cl)cc3)nn2C1c1cc[nH+]cc1. The van der Waals surface area contributed by atoms with E-state index in [1.165, 1.54) is 0 Å². The van der Waals surface area contributed by atoms with Gasteiger partial charge < -0.3 is 10.1 Å². The second-order valence-electron chi connectivity index (χ2n) is 6.33. The van der Waals surface area contributed by atoms with Gasteiger partial charge >= 0.3 is 5.97 Å². The predicted octanol–water partition coefficient (Wildman–Crippen LogP) is 3.26. The van der Waals surface area contributed by atoms with Crippen LogP contribution in [0.15, 0.2) is 60.1 Å². The third-order valence-corrected chi connectivity index (χ3v) is 4.76. The van der Waals surface area contributed by atoms with Crippen LogP contribution in [0.25, 0.3) is 11.4 Å². The molecule has 0 saturated carbocycles. The van der Waals surface area contributed by atoms with Crippen molar-refractivity contribution in [2.75, 3.05) is 11.9 Å². The molecule has 0 radical (unpaired) electrons. The number of ether oxygens (including phenoxy) is 1. The topological polar surface area (TPSA) is 83.2 Å². The lowest BCUT2D eigenvalue weighted by Gasteiger charge is -2.27. The zero-order chi connectivity index (χ0) is 19.7. The molecule has 1 unspecified atom stereocenters. The van der Waals surface area contributed by atoms with Crippen molar-refractivity contribution in [3.63, 3.8) is 0 Å². The summed E-state index contributed by atoms with van der Waals surface area (Å²) in [5.41, 5.74) is 2.94. The lowest BCUT2D eigenvalue weighted by Crippen LogP contribution is -2.30. The van der Waals surface area contributed by atoms with Gasteiger partial charge in [0, 0.05) is 28.4 Å². The Morgan fingerprint density at radius 3 is 2.64 bits per heavy atom. The summed E-state index contributed by atoms with van der Waals surface area (Å²) in [7, 11) is 0. The zero-order valence-electron chi connectivity index (χ0n) is 15.4. The number of pyridine rings is 1. The summed E-state index contributed by atoms with van der Waals surface area (Å²) in [4.78, 5) is 20.3. The summed E-state index contributed by atoms with van der Waals surface area (Å²) >= 11 is 5.99. The normalized spacial score (nSPS) is 15.8. The number of benzene rings is 1. The number of esters is 1. The van der Waals surface area contributed by atoms with Crippen molar-refractivity contribution in [1.82, 2.24) is 14.8 Å². The summed E-state index contributed by atoms with van der Waals surface area (Å²) in [5, 5.41) is 8.51. The fourth-order valence-electron chi connectivity index (χ4n) is 3.24. The van der Waals surface area contributed by atoms with Crippen LogP contribution in [0.4, 0.5) is 5.95 Å². The maximum absolute atomic E-state index is 12.7. The number of hydrogen-bond acceptors (Lipinski definition) is 5. The Balaban J connectivity index is 1.84. The third-order valence-electron chi connectivity index (χ3n) is 4.51. The first kappa shape index (κ1) is 18.2. The molecular formula is C20H19ClN5O2+. The Kier molecular flexibility index (Phi) is 4.83. The molecule has 0 saturated heterocycles. The average Bonchev–Trinajstić information content (AvgIpc) is 3.11. The first-order valence-electron chi connectivity index (χ1n) is 8.92. The maximum atomic E-state index is 12.7. The van der Waals surface area contributed by atoms with Crippen LogP contribution in [-0.2, 0) is 9.53 Å². The molecule has 1 aliphatic rings. The Morgan fingerprint density at radius 2 is 1.96 bits per heavy atom. The molecule has 0 bridgehead atoms. The maximum Gasteiger partial charge on any atom is 0.338 e. The number of carbonyl (C=O) groups is 1. The van der Waals surface area contributed by atoms with Crippen LogP contribution in [0.2, 0.25) is 5.02 Å². The minimum atomic E-state index is -0.446. The van der Waals surface area contributed by atoms with E-state index in [0.29, 0.717) is 34.7 Å². The van der Waals surface area contributed by atoms with Gasteiger partial charge in [0.05, 0.1) is 12.2 Å². The Labute approximate surface area is 167 Å². The quantitative estimate of drug-likeness (QED) is 0.684. The van der Waals surface area contributed by atoms with E-state index in [2.05, 4.69) is 20.4 Å². The lowest BCUT2D eigenvalue weighted by molar-refractivity contribution is -0.378. The van der Waals surface area contributed by atoms with Gasteiger partial charge in [0.2, 0.25) is 5.95 Å². The standard InChI is InChI=1S/C20H18ClN5O2/c1-3-28-19(27)16-12(2)23-20-24-18(14-4-6-15(21)7-5-14)25-26(20)17(16)13-8-10-22-11-9-13/h4-11,17H,3H2,1-2H3,(H,23,24,25)/p+1. The van der Waals surface area contributed by atoms with Crippen molar-refractivity contribution >= 4 is 23.5 Å². The molecule has 0 spiro atoms. The van der Waals surface area contributed by atoms with E-state index in [-0.39, 0.29) is 5.97 Å². The molecule has 3 aromatic rings. The van der Waals surface area contributed by atoms with Gasteiger partial charge in [-0.25, -0.2) is 14.5 Å². The number of nitrogens with zero attached hydrogens (tertiary/aromatic N) is 3. The Hall–Kier alpha value is -3.19. The van der Waals surface area contributed by atoms with Crippen molar-refractivity contribution in [3.05, 3.63) is 70.6 Å². The molecule has 7 nitrogen and oxygen atoms in total. The van der Waals surface area contributed by atoms with Gasteiger partial charge in [-0.2, -0.15) is 4.98 Å². The van der Waals surface area contributed by atoms with Gasteiger partial charge in [0.25, 0.3) is 0 Å².